The van der Waals surface area contributed by atoms with Gasteiger partial charge in [0.15, 0.2) is 0 Å². The quantitative estimate of drug-likeness (QED) is 0.356. The maximum atomic E-state index is 11.0. The molecule has 2 aromatic carbocycles. The molecule has 0 aliphatic carbocycles. The summed E-state index contributed by atoms with van der Waals surface area (Å²) < 4.78 is 16.0. The number of hydrogen-bond acceptors (Lipinski definition) is 4. The van der Waals surface area contributed by atoms with E-state index in [-0.39, 0.29) is 6.61 Å². The van der Waals surface area contributed by atoms with E-state index in [4.69, 9.17) is 14.2 Å². The summed E-state index contributed by atoms with van der Waals surface area (Å²) >= 11 is 0. The highest BCUT2D eigenvalue weighted by Gasteiger charge is 2.15. The second-order valence-electron chi connectivity index (χ2n) is 6.43. The largest absolute Gasteiger partial charge is 0.496 e. The van der Waals surface area contributed by atoms with Crippen LogP contribution in [0.5, 0.6) is 11.5 Å². The highest BCUT2D eigenvalue weighted by molar-refractivity contribution is 5.81. The monoisotopic (exact) mass is 368 g/mol. The first-order valence-electron chi connectivity index (χ1n) is 9.17. The Morgan fingerprint density at radius 3 is 2.11 bits per heavy atom. The minimum Gasteiger partial charge on any atom is -0.496 e. The molecule has 0 bridgehead atoms. The molecular formula is C23H28O4. The molecule has 2 rings (SSSR count). The van der Waals surface area contributed by atoms with Crippen molar-refractivity contribution in [1.29, 1.82) is 0 Å². The number of carbonyl (C=O) groups is 1. The smallest absolute Gasteiger partial charge is 0.330 e. The standard InChI is InChI=1S/C23H28O4/c1-6-20(18-8-10-21(25-5)16(3)14-18)19-9-11-22(17(4)15-19)26-12-13-27-23(24)7-2/h7-11,14-15,20H,2,6,12-13H2,1,3-5H3. The predicted molar refractivity (Wildman–Crippen MR) is 108 cm³/mol. The first kappa shape index (κ1) is 20.6. The third-order valence-electron chi connectivity index (χ3n) is 4.58. The molecule has 1 unspecified atom stereocenters. The Kier molecular flexibility index (Phi) is 7.47. The summed E-state index contributed by atoms with van der Waals surface area (Å²) in [5.41, 5.74) is 4.73. The molecule has 0 saturated carbocycles. The van der Waals surface area contributed by atoms with Crippen LogP contribution in [-0.2, 0) is 9.53 Å². The lowest BCUT2D eigenvalue weighted by atomic mass is 9.87. The fourth-order valence-electron chi connectivity index (χ4n) is 3.19. The third kappa shape index (κ3) is 5.36. The lowest BCUT2D eigenvalue weighted by Crippen LogP contribution is -2.10. The first-order chi connectivity index (χ1) is 13.0. The van der Waals surface area contributed by atoms with Crippen molar-refractivity contribution >= 4 is 5.97 Å². The SMILES string of the molecule is C=CC(=O)OCCOc1ccc(C(CC)c2ccc(OC)c(C)c2)cc1C. The Morgan fingerprint density at radius 2 is 1.63 bits per heavy atom. The summed E-state index contributed by atoms with van der Waals surface area (Å²) in [5.74, 6) is 1.59. The first-order valence-corrected chi connectivity index (χ1v) is 9.17. The van der Waals surface area contributed by atoms with Crippen molar-refractivity contribution in [2.75, 3.05) is 20.3 Å². The average molecular weight is 368 g/mol. The van der Waals surface area contributed by atoms with Crippen LogP contribution in [0.4, 0.5) is 0 Å². The molecule has 27 heavy (non-hydrogen) atoms. The normalized spacial score (nSPS) is 11.6. The molecule has 4 nitrogen and oxygen atoms in total. The zero-order valence-electron chi connectivity index (χ0n) is 16.6. The average Bonchev–Trinajstić information content (AvgIpc) is 2.67. The fourth-order valence-corrected chi connectivity index (χ4v) is 3.19. The van der Waals surface area contributed by atoms with Gasteiger partial charge in [0.2, 0.25) is 0 Å². The summed E-state index contributed by atoms with van der Waals surface area (Å²) in [6.07, 6.45) is 2.15. The minimum atomic E-state index is -0.439. The van der Waals surface area contributed by atoms with Crippen LogP contribution in [0.25, 0.3) is 0 Å². The molecule has 2 aromatic rings. The van der Waals surface area contributed by atoms with Crippen LogP contribution in [0, 0.1) is 13.8 Å². The van der Waals surface area contributed by atoms with Gasteiger partial charge < -0.3 is 14.2 Å². The van der Waals surface area contributed by atoms with Crippen molar-refractivity contribution in [1.82, 2.24) is 0 Å². The van der Waals surface area contributed by atoms with Crippen LogP contribution in [0.3, 0.4) is 0 Å². The summed E-state index contributed by atoms with van der Waals surface area (Å²) in [6, 6.07) is 12.6. The van der Waals surface area contributed by atoms with Gasteiger partial charge in [-0.3, -0.25) is 0 Å². The van der Waals surface area contributed by atoms with Crippen LogP contribution >= 0.6 is 0 Å². The number of aryl methyl sites for hydroxylation is 2. The van der Waals surface area contributed by atoms with E-state index in [0.29, 0.717) is 12.5 Å². The van der Waals surface area contributed by atoms with E-state index >= 15 is 0 Å². The van der Waals surface area contributed by atoms with Crippen LogP contribution in [-0.4, -0.2) is 26.3 Å². The summed E-state index contributed by atoms with van der Waals surface area (Å²) in [5, 5.41) is 0. The van der Waals surface area contributed by atoms with E-state index in [1.54, 1.807) is 7.11 Å². The second kappa shape index (κ2) is 9.81. The van der Waals surface area contributed by atoms with E-state index in [2.05, 4.69) is 44.7 Å². The molecule has 144 valence electrons. The van der Waals surface area contributed by atoms with Crippen molar-refractivity contribution in [3.05, 3.63) is 71.3 Å². The van der Waals surface area contributed by atoms with Crippen LogP contribution in [0.1, 0.15) is 41.5 Å². The van der Waals surface area contributed by atoms with Gasteiger partial charge in [0.25, 0.3) is 0 Å². The molecule has 0 fully saturated rings. The Labute approximate surface area is 161 Å². The van der Waals surface area contributed by atoms with Gasteiger partial charge in [-0.25, -0.2) is 4.79 Å². The Bertz CT molecular complexity index is 795. The fraction of sp³-hybridized carbons (Fsp3) is 0.348. The van der Waals surface area contributed by atoms with Gasteiger partial charge in [-0.15, -0.1) is 0 Å². The third-order valence-corrected chi connectivity index (χ3v) is 4.58. The zero-order valence-corrected chi connectivity index (χ0v) is 16.6. The number of rotatable bonds is 9. The van der Waals surface area contributed by atoms with Crippen molar-refractivity contribution in [3.63, 3.8) is 0 Å². The highest BCUT2D eigenvalue weighted by Crippen LogP contribution is 2.33. The number of carbonyl (C=O) groups excluding carboxylic acids is 1. The maximum Gasteiger partial charge on any atom is 0.330 e. The molecule has 0 radical (unpaired) electrons. The van der Waals surface area contributed by atoms with Crippen LogP contribution in [0.15, 0.2) is 49.1 Å². The Hall–Kier alpha value is -2.75. The van der Waals surface area contributed by atoms with Crippen LogP contribution in [0.2, 0.25) is 0 Å². The molecule has 0 aliphatic heterocycles. The molecule has 0 amide bonds. The summed E-state index contributed by atoms with van der Waals surface area (Å²) in [6.45, 7) is 10.2. The van der Waals surface area contributed by atoms with Gasteiger partial charge in [0, 0.05) is 12.0 Å². The predicted octanol–water partition coefficient (Wildman–Crippen LogP) is 4.96. The van der Waals surface area contributed by atoms with E-state index in [1.807, 2.05) is 19.1 Å². The second-order valence-corrected chi connectivity index (χ2v) is 6.43. The summed E-state index contributed by atoms with van der Waals surface area (Å²) in [7, 11) is 1.69. The molecular weight excluding hydrogens is 340 g/mol. The highest BCUT2D eigenvalue weighted by atomic mass is 16.6. The topological polar surface area (TPSA) is 44.8 Å². The van der Waals surface area contributed by atoms with Crippen LogP contribution < -0.4 is 9.47 Å². The number of ether oxygens (including phenoxy) is 3. The van der Waals surface area contributed by atoms with Crippen molar-refractivity contribution in [3.8, 4) is 11.5 Å². The van der Waals surface area contributed by atoms with Gasteiger partial charge in [-0.1, -0.05) is 37.8 Å². The maximum absolute atomic E-state index is 11.0. The van der Waals surface area contributed by atoms with Crippen molar-refractivity contribution in [2.24, 2.45) is 0 Å². The number of benzene rings is 2. The molecule has 4 heteroatoms. The molecule has 0 aliphatic rings. The molecule has 1 atom stereocenters. The summed E-state index contributed by atoms with van der Waals surface area (Å²) in [4.78, 5) is 11.0. The van der Waals surface area contributed by atoms with E-state index in [0.717, 1.165) is 35.1 Å². The molecule has 0 spiro atoms. The minimum absolute atomic E-state index is 0.203. The zero-order chi connectivity index (χ0) is 19.8. The Morgan fingerprint density at radius 1 is 1.04 bits per heavy atom. The lowest BCUT2D eigenvalue weighted by molar-refractivity contribution is -0.138. The van der Waals surface area contributed by atoms with Gasteiger partial charge >= 0.3 is 5.97 Å². The molecule has 0 aromatic heterocycles. The van der Waals surface area contributed by atoms with E-state index in [1.165, 1.54) is 11.1 Å². The van der Waals surface area contributed by atoms with Gasteiger partial charge in [-0.2, -0.15) is 0 Å². The van der Waals surface area contributed by atoms with Gasteiger partial charge in [-0.05, 0) is 54.7 Å². The molecule has 0 N–H and O–H groups in total. The number of hydrogen-bond donors (Lipinski definition) is 0. The van der Waals surface area contributed by atoms with E-state index in [9.17, 15) is 4.79 Å². The van der Waals surface area contributed by atoms with Gasteiger partial charge in [0.05, 0.1) is 7.11 Å². The lowest BCUT2D eigenvalue weighted by Gasteiger charge is -2.19. The number of methoxy groups -OCH3 is 1. The van der Waals surface area contributed by atoms with E-state index < -0.39 is 5.97 Å². The van der Waals surface area contributed by atoms with Gasteiger partial charge in [0.1, 0.15) is 24.7 Å². The molecule has 0 saturated heterocycles. The number of esters is 1. The van der Waals surface area contributed by atoms with Crippen molar-refractivity contribution in [2.45, 2.75) is 33.1 Å². The van der Waals surface area contributed by atoms with Crippen molar-refractivity contribution < 1.29 is 19.0 Å². The molecule has 0 heterocycles. The Balaban J connectivity index is 2.11.